The zero-order valence-electron chi connectivity index (χ0n) is 13.7. The number of nitrogens with one attached hydrogen (secondary N) is 2. The lowest BCUT2D eigenvalue weighted by Gasteiger charge is -2.11. The number of aromatic nitrogens is 2. The van der Waals surface area contributed by atoms with Crippen molar-refractivity contribution in [1.29, 1.82) is 0 Å². The van der Waals surface area contributed by atoms with Crippen molar-refractivity contribution in [2.45, 2.75) is 0 Å². The summed E-state index contributed by atoms with van der Waals surface area (Å²) in [5.41, 5.74) is 0.126. The Hall–Kier alpha value is -3.55. The normalized spacial score (nSPS) is 10.3. The molecule has 6 nitrogen and oxygen atoms in total. The van der Waals surface area contributed by atoms with Crippen LogP contribution in [0.15, 0.2) is 54.9 Å². The molecule has 0 spiro atoms. The molecule has 132 valence electrons. The molecular weight excluding hydrogens is 342 g/mol. The van der Waals surface area contributed by atoms with Crippen LogP contribution in [0, 0.1) is 11.6 Å². The molecule has 0 bridgehead atoms. The zero-order chi connectivity index (χ0) is 18.5. The van der Waals surface area contributed by atoms with Crippen molar-refractivity contribution in [2.24, 2.45) is 0 Å². The number of halogens is 2. The number of nitrogens with zero attached hydrogens (tertiary/aromatic N) is 2. The van der Waals surface area contributed by atoms with Gasteiger partial charge in [-0.15, -0.1) is 0 Å². The fourth-order valence-corrected chi connectivity index (χ4v) is 2.23. The van der Waals surface area contributed by atoms with Crippen molar-refractivity contribution >= 4 is 23.1 Å². The van der Waals surface area contributed by atoms with Gasteiger partial charge in [0.15, 0.2) is 0 Å². The first kappa shape index (κ1) is 17.3. The molecule has 2 aromatic carbocycles. The molecule has 0 fully saturated rings. The monoisotopic (exact) mass is 356 g/mol. The molecule has 0 aliphatic heterocycles. The highest BCUT2D eigenvalue weighted by atomic mass is 19.1. The summed E-state index contributed by atoms with van der Waals surface area (Å²) in [6.45, 7) is 0. The number of methoxy groups -OCH3 is 1. The minimum absolute atomic E-state index is 0.0187. The number of benzene rings is 2. The van der Waals surface area contributed by atoms with Crippen molar-refractivity contribution in [1.82, 2.24) is 9.97 Å². The largest absolute Gasteiger partial charge is 0.495 e. The van der Waals surface area contributed by atoms with Gasteiger partial charge in [0.2, 0.25) is 0 Å². The number of anilines is 3. The average Bonchev–Trinajstić information content (AvgIpc) is 2.65. The lowest BCUT2D eigenvalue weighted by atomic mass is 10.2. The van der Waals surface area contributed by atoms with Crippen molar-refractivity contribution in [3.63, 3.8) is 0 Å². The van der Waals surface area contributed by atoms with Crippen LogP contribution in [0.4, 0.5) is 26.0 Å². The van der Waals surface area contributed by atoms with E-state index in [0.29, 0.717) is 11.4 Å². The number of rotatable bonds is 5. The highest BCUT2D eigenvalue weighted by molar-refractivity contribution is 6.04. The van der Waals surface area contributed by atoms with Crippen LogP contribution in [-0.4, -0.2) is 23.0 Å². The standard InChI is InChI=1S/C18H14F2N4O2/c1-26-15-8-3-2-7-13(15)23-18(25)14-9-16(22-10-21-14)24-17-11(19)5-4-6-12(17)20/h2-10H,1H3,(H,23,25)(H,21,22,24). The maximum absolute atomic E-state index is 13.7. The van der Waals surface area contributed by atoms with Gasteiger partial charge in [0, 0.05) is 6.07 Å². The van der Waals surface area contributed by atoms with Gasteiger partial charge in [-0.05, 0) is 24.3 Å². The van der Waals surface area contributed by atoms with Gasteiger partial charge in [-0.25, -0.2) is 18.7 Å². The van der Waals surface area contributed by atoms with Crippen molar-refractivity contribution in [3.8, 4) is 5.75 Å². The van der Waals surface area contributed by atoms with Gasteiger partial charge in [-0.1, -0.05) is 18.2 Å². The Labute approximate surface area is 147 Å². The van der Waals surface area contributed by atoms with Crippen molar-refractivity contribution in [2.75, 3.05) is 17.7 Å². The summed E-state index contributed by atoms with van der Waals surface area (Å²) in [5.74, 6) is -1.50. The molecule has 0 saturated heterocycles. The maximum Gasteiger partial charge on any atom is 0.274 e. The molecule has 0 unspecified atom stereocenters. The van der Waals surface area contributed by atoms with E-state index in [1.54, 1.807) is 24.3 Å². The predicted octanol–water partition coefficient (Wildman–Crippen LogP) is 3.76. The third-order valence-corrected chi connectivity index (χ3v) is 3.47. The Morgan fingerprint density at radius 3 is 2.50 bits per heavy atom. The van der Waals surface area contributed by atoms with Gasteiger partial charge in [0.25, 0.3) is 5.91 Å². The van der Waals surface area contributed by atoms with Crippen LogP contribution in [-0.2, 0) is 0 Å². The molecular formula is C18H14F2N4O2. The molecule has 0 aliphatic carbocycles. The van der Waals surface area contributed by atoms with Gasteiger partial charge in [0.05, 0.1) is 12.8 Å². The van der Waals surface area contributed by atoms with Gasteiger partial charge < -0.3 is 15.4 Å². The molecule has 3 rings (SSSR count). The van der Waals surface area contributed by atoms with E-state index < -0.39 is 17.5 Å². The van der Waals surface area contributed by atoms with Crippen LogP contribution in [0.3, 0.4) is 0 Å². The number of carbonyl (C=O) groups excluding carboxylic acids is 1. The number of hydrogen-bond donors (Lipinski definition) is 2. The van der Waals surface area contributed by atoms with Gasteiger partial charge in [-0.2, -0.15) is 0 Å². The topological polar surface area (TPSA) is 76.1 Å². The number of hydrogen-bond acceptors (Lipinski definition) is 5. The molecule has 26 heavy (non-hydrogen) atoms. The van der Waals surface area contributed by atoms with Crippen molar-refractivity contribution in [3.05, 3.63) is 72.2 Å². The Balaban J connectivity index is 1.82. The van der Waals surface area contributed by atoms with Crippen LogP contribution in [0.5, 0.6) is 5.75 Å². The Kier molecular flexibility index (Phi) is 5.02. The van der Waals surface area contributed by atoms with Crippen LogP contribution in [0.2, 0.25) is 0 Å². The SMILES string of the molecule is COc1ccccc1NC(=O)c1cc(Nc2c(F)cccc2F)ncn1. The summed E-state index contributed by atoms with van der Waals surface area (Å²) in [6.07, 6.45) is 1.12. The molecule has 1 amide bonds. The Morgan fingerprint density at radius 2 is 1.77 bits per heavy atom. The van der Waals surface area contributed by atoms with E-state index >= 15 is 0 Å². The molecule has 0 atom stereocenters. The predicted molar refractivity (Wildman–Crippen MR) is 92.6 cm³/mol. The van der Waals surface area contributed by atoms with Gasteiger partial charge >= 0.3 is 0 Å². The van der Waals surface area contributed by atoms with Gasteiger partial charge in [-0.3, -0.25) is 4.79 Å². The number of carbonyl (C=O) groups is 1. The third kappa shape index (κ3) is 3.75. The van der Waals surface area contributed by atoms with E-state index in [1.807, 2.05) is 0 Å². The summed E-state index contributed by atoms with van der Waals surface area (Å²) in [4.78, 5) is 20.2. The van der Waals surface area contributed by atoms with Crippen LogP contribution < -0.4 is 15.4 Å². The first-order valence-corrected chi connectivity index (χ1v) is 7.56. The Morgan fingerprint density at radius 1 is 1.04 bits per heavy atom. The quantitative estimate of drug-likeness (QED) is 0.728. The number of para-hydroxylation sites is 3. The fraction of sp³-hybridized carbons (Fsp3) is 0.0556. The summed E-state index contributed by atoms with van der Waals surface area (Å²) >= 11 is 0. The van der Waals surface area contributed by atoms with E-state index in [2.05, 4.69) is 20.6 Å². The summed E-state index contributed by atoms with van der Waals surface area (Å²) in [7, 11) is 1.49. The third-order valence-electron chi connectivity index (χ3n) is 3.47. The molecule has 8 heteroatoms. The molecule has 0 radical (unpaired) electrons. The minimum atomic E-state index is -0.774. The van der Waals surface area contributed by atoms with Crippen LogP contribution in [0.1, 0.15) is 10.5 Å². The highest BCUT2D eigenvalue weighted by Crippen LogP contribution is 2.24. The molecule has 3 aromatic rings. The van der Waals surface area contributed by atoms with Crippen LogP contribution >= 0.6 is 0 Å². The first-order valence-electron chi connectivity index (χ1n) is 7.56. The number of amides is 1. The molecule has 2 N–H and O–H groups in total. The fourth-order valence-electron chi connectivity index (χ4n) is 2.23. The summed E-state index contributed by atoms with van der Waals surface area (Å²) in [5, 5.41) is 5.18. The van der Waals surface area contributed by atoms with E-state index in [-0.39, 0.29) is 17.2 Å². The zero-order valence-corrected chi connectivity index (χ0v) is 13.7. The van der Waals surface area contributed by atoms with E-state index in [0.717, 1.165) is 18.5 Å². The second kappa shape index (κ2) is 7.56. The Bertz CT molecular complexity index is 930. The molecule has 1 aromatic heterocycles. The molecule has 0 aliphatic rings. The lowest BCUT2D eigenvalue weighted by Crippen LogP contribution is -2.15. The highest BCUT2D eigenvalue weighted by Gasteiger charge is 2.14. The lowest BCUT2D eigenvalue weighted by molar-refractivity contribution is 0.102. The molecule has 1 heterocycles. The number of ether oxygens (including phenoxy) is 1. The summed E-state index contributed by atoms with van der Waals surface area (Å²) < 4.78 is 32.6. The second-order valence-electron chi connectivity index (χ2n) is 5.16. The molecule has 0 saturated carbocycles. The smallest absolute Gasteiger partial charge is 0.274 e. The van der Waals surface area contributed by atoms with Gasteiger partial charge in [0.1, 0.15) is 40.9 Å². The summed E-state index contributed by atoms with van der Waals surface area (Å²) in [6, 6.07) is 11.6. The average molecular weight is 356 g/mol. The van der Waals surface area contributed by atoms with E-state index in [1.165, 1.54) is 19.2 Å². The first-order chi connectivity index (χ1) is 12.6. The second-order valence-corrected chi connectivity index (χ2v) is 5.16. The maximum atomic E-state index is 13.7. The van der Waals surface area contributed by atoms with E-state index in [4.69, 9.17) is 4.74 Å². The van der Waals surface area contributed by atoms with Crippen LogP contribution in [0.25, 0.3) is 0 Å². The van der Waals surface area contributed by atoms with E-state index in [9.17, 15) is 13.6 Å². The van der Waals surface area contributed by atoms with Crippen molar-refractivity contribution < 1.29 is 18.3 Å². The minimum Gasteiger partial charge on any atom is -0.495 e.